The highest BCUT2D eigenvalue weighted by Crippen LogP contribution is 2.22. The van der Waals surface area contributed by atoms with Crippen molar-refractivity contribution in [3.8, 4) is 0 Å². The Balaban J connectivity index is 2.73. The predicted molar refractivity (Wildman–Crippen MR) is 78.9 cm³/mol. The molecule has 3 heteroatoms. The Morgan fingerprint density at radius 2 is 1.94 bits per heavy atom. The molecule has 102 valence electrons. The Kier molecular flexibility index (Phi) is 5.15. The summed E-state index contributed by atoms with van der Waals surface area (Å²) < 4.78 is 0. The maximum atomic E-state index is 5.64. The number of anilines is 1. The topological polar surface area (TPSA) is 50.9 Å². The Bertz CT molecular complexity index is 349. The summed E-state index contributed by atoms with van der Waals surface area (Å²) in [5, 5.41) is 3.47. The Morgan fingerprint density at radius 3 is 2.33 bits per heavy atom. The third-order valence-electron chi connectivity index (χ3n) is 3.25. The fourth-order valence-electron chi connectivity index (χ4n) is 1.86. The highest BCUT2D eigenvalue weighted by molar-refractivity contribution is 5.38. The second-order valence-electron chi connectivity index (χ2n) is 6.25. The lowest BCUT2D eigenvalue weighted by Crippen LogP contribution is -2.28. The van der Waals surface area contributed by atoms with Gasteiger partial charge in [-0.3, -0.25) is 0 Å². The molecule has 0 spiro atoms. The number of pyridine rings is 1. The van der Waals surface area contributed by atoms with E-state index >= 15 is 0 Å². The van der Waals surface area contributed by atoms with Crippen LogP contribution >= 0.6 is 0 Å². The zero-order chi connectivity index (χ0) is 13.8. The number of rotatable bonds is 5. The molecular formula is C15H27N3. The molecule has 0 aliphatic heterocycles. The highest BCUT2D eigenvalue weighted by atomic mass is 15.0. The maximum Gasteiger partial charge on any atom is 0.126 e. The van der Waals surface area contributed by atoms with Crippen molar-refractivity contribution in [1.82, 2.24) is 4.98 Å². The SMILES string of the molecule is CC(C)C(CCN)Nc1ccc(C(C)(C)C)cn1. The van der Waals surface area contributed by atoms with E-state index in [0.717, 1.165) is 12.2 Å². The summed E-state index contributed by atoms with van der Waals surface area (Å²) in [5.41, 5.74) is 7.05. The molecule has 18 heavy (non-hydrogen) atoms. The van der Waals surface area contributed by atoms with E-state index in [9.17, 15) is 0 Å². The van der Waals surface area contributed by atoms with Gasteiger partial charge in [0.05, 0.1) is 0 Å². The van der Waals surface area contributed by atoms with Crippen LogP contribution in [-0.4, -0.2) is 17.6 Å². The average Bonchev–Trinajstić information content (AvgIpc) is 2.28. The van der Waals surface area contributed by atoms with Crippen LogP contribution in [0.3, 0.4) is 0 Å². The minimum atomic E-state index is 0.153. The molecule has 1 aromatic rings. The van der Waals surface area contributed by atoms with E-state index in [1.54, 1.807) is 0 Å². The standard InChI is InChI=1S/C15H27N3/c1-11(2)13(8-9-16)18-14-7-6-12(10-17-14)15(3,4)5/h6-7,10-11,13H,8-9,16H2,1-5H3,(H,17,18). The minimum absolute atomic E-state index is 0.153. The molecule has 1 aromatic heterocycles. The Hall–Kier alpha value is -1.09. The van der Waals surface area contributed by atoms with E-state index in [2.05, 4.69) is 57.1 Å². The summed E-state index contributed by atoms with van der Waals surface area (Å²) in [4.78, 5) is 4.50. The van der Waals surface area contributed by atoms with Gasteiger partial charge in [-0.2, -0.15) is 0 Å². The van der Waals surface area contributed by atoms with Gasteiger partial charge in [0.15, 0.2) is 0 Å². The summed E-state index contributed by atoms with van der Waals surface area (Å²) in [6, 6.07) is 4.60. The number of aromatic nitrogens is 1. The van der Waals surface area contributed by atoms with E-state index in [1.807, 2.05) is 6.20 Å². The molecule has 1 unspecified atom stereocenters. The van der Waals surface area contributed by atoms with Gasteiger partial charge in [0.2, 0.25) is 0 Å². The molecule has 0 fully saturated rings. The van der Waals surface area contributed by atoms with Crippen molar-refractivity contribution in [2.24, 2.45) is 11.7 Å². The second-order valence-corrected chi connectivity index (χ2v) is 6.25. The molecule has 3 N–H and O–H groups in total. The van der Waals surface area contributed by atoms with E-state index in [0.29, 0.717) is 18.5 Å². The van der Waals surface area contributed by atoms with Gasteiger partial charge in [-0.25, -0.2) is 4.98 Å². The van der Waals surface area contributed by atoms with Crippen LogP contribution in [0.15, 0.2) is 18.3 Å². The molecule has 0 saturated heterocycles. The minimum Gasteiger partial charge on any atom is -0.367 e. The zero-order valence-corrected chi connectivity index (χ0v) is 12.3. The molecule has 1 heterocycles. The molecule has 0 aromatic carbocycles. The van der Waals surface area contributed by atoms with Crippen molar-refractivity contribution in [3.05, 3.63) is 23.9 Å². The lowest BCUT2D eigenvalue weighted by atomic mass is 9.88. The predicted octanol–water partition coefficient (Wildman–Crippen LogP) is 3.16. The first-order valence-electron chi connectivity index (χ1n) is 6.77. The molecule has 0 aliphatic carbocycles. The van der Waals surface area contributed by atoms with Crippen LogP contribution in [0, 0.1) is 5.92 Å². The quantitative estimate of drug-likeness (QED) is 0.842. The first-order chi connectivity index (χ1) is 8.34. The third kappa shape index (κ3) is 4.30. The molecule has 3 nitrogen and oxygen atoms in total. The van der Waals surface area contributed by atoms with Gasteiger partial charge in [0.1, 0.15) is 5.82 Å². The van der Waals surface area contributed by atoms with Gasteiger partial charge < -0.3 is 11.1 Å². The van der Waals surface area contributed by atoms with Crippen LogP contribution in [-0.2, 0) is 5.41 Å². The number of hydrogen-bond donors (Lipinski definition) is 2. The largest absolute Gasteiger partial charge is 0.367 e. The van der Waals surface area contributed by atoms with Crippen LogP contribution in [0.2, 0.25) is 0 Å². The maximum absolute atomic E-state index is 5.64. The van der Waals surface area contributed by atoms with Crippen molar-refractivity contribution >= 4 is 5.82 Å². The average molecular weight is 249 g/mol. The first kappa shape index (κ1) is 15.0. The summed E-state index contributed by atoms with van der Waals surface area (Å²) in [7, 11) is 0. The lowest BCUT2D eigenvalue weighted by Gasteiger charge is -2.23. The number of nitrogens with one attached hydrogen (secondary N) is 1. The van der Waals surface area contributed by atoms with Crippen molar-refractivity contribution in [2.75, 3.05) is 11.9 Å². The van der Waals surface area contributed by atoms with Gasteiger partial charge in [-0.15, -0.1) is 0 Å². The third-order valence-corrected chi connectivity index (χ3v) is 3.25. The number of nitrogens with two attached hydrogens (primary N) is 1. The summed E-state index contributed by atoms with van der Waals surface area (Å²) in [6.07, 6.45) is 2.93. The van der Waals surface area contributed by atoms with Crippen molar-refractivity contribution in [2.45, 2.75) is 52.5 Å². The lowest BCUT2D eigenvalue weighted by molar-refractivity contribution is 0.497. The van der Waals surface area contributed by atoms with Gasteiger partial charge >= 0.3 is 0 Å². The van der Waals surface area contributed by atoms with Gasteiger partial charge in [0.25, 0.3) is 0 Å². The van der Waals surface area contributed by atoms with E-state index in [1.165, 1.54) is 5.56 Å². The van der Waals surface area contributed by atoms with Crippen LogP contribution in [0.25, 0.3) is 0 Å². The molecule has 0 aliphatic rings. The van der Waals surface area contributed by atoms with E-state index in [4.69, 9.17) is 5.73 Å². The molecular weight excluding hydrogens is 222 g/mol. The highest BCUT2D eigenvalue weighted by Gasteiger charge is 2.15. The van der Waals surface area contributed by atoms with Gasteiger partial charge in [0, 0.05) is 12.2 Å². The van der Waals surface area contributed by atoms with Gasteiger partial charge in [-0.1, -0.05) is 40.7 Å². The molecule has 0 saturated carbocycles. The van der Waals surface area contributed by atoms with Crippen LogP contribution in [0.5, 0.6) is 0 Å². The normalized spacial score (nSPS) is 13.7. The van der Waals surface area contributed by atoms with E-state index in [-0.39, 0.29) is 5.41 Å². The van der Waals surface area contributed by atoms with Crippen LogP contribution in [0.1, 0.15) is 46.6 Å². The molecule has 1 atom stereocenters. The number of nitrogens with zero attached hydrogens (tertiary/aromatic N) is 1. The monoisotopic (exact) mass is 249 g/mol. The van der Waals surface area contributed by atoms with E-state index < -0.39 is 0 Å². The Morgan fingerprint density at radius 1 is 1.28 bits per heavy atom. The summed E-state index contributed by atoms with van der Waals surface area (Å²) >= 11 is 0. The van der Waals surface area contributed by atoms with Crippen LogP contribution < -0.4 is 11.1 Å². The van der Waals surface area contributed by atoms with Crippen molar-refractivity contribution in [1.29, 1.82) is 0 Å². The molecule has 0 bridgehead atoms. The fourth-order valence-corrected chi connectivity index (χ4v) is 1.86. The molecule has 0 amide bonds. The second kappa shape index (κ2) is 6.19. The van der Waals surface area contributed by atoms with Crippen LogP contribution in [0.4, 0.5) is 5.82 Å². The smallest absolute Gasteiger partial charge is 0.126 e. The zero-order valence-electron chi connectivity index (χ0n) is 12.3. The summed E-state index contributed by atoms with van der Waals surface area (Å²) in [5.74, 6) is 1.49. The fraction of sp³-hybridized carbons (Fsp3) is 0.667. The summed E-state index contributed by atoms with van der Waals surface area (Å²) in [6.45, 7) is 11.7. The van der Waals surface area contributed by atoms with Crippen molar-refractivity contribution < 1.29 is 0 Å². The Labute approximate surface area is 111 Å². The molecule has 0 radical (unpaired) electrons. The first-order valence-corrected chi connectivity index (χ1v) is 6.77. The molecule has 1 rings (SSSR count). The van der Waals surface area contributed by atoms with Gasteiger partial charge in [-0.05, 0) is 35.9 Å². The number of hydrogen-bond acceptors (Lipinski definition) is 3. The van der Waals surface area contributed by atoms with Crippen molar-refractivity contribution in [3.63, 3.8) is 0 Å².